The standard InChI is InChI=1S/C16H25F3N2/c1-4-8-20-11-14-10-13(3)6-7-15(14)21(9-5-2)12-16(17,18)19/h6-7,10,20H,4-5,8-9,11-12H2,1-3H3. The third kappa shape index (κ3) is 6.38. The van der Waals surface area contributed by atoms with Crippen molar-refractivity contribution in [2.75, 3.05) is 24.5 Å². The number of anilines is 1. The molecule has 5 heteroatoms. The van der Waals surface area contributed by atoms with Gasteiger partial charge >= 0.3 is 6.18 Å². The highest BCUT2D eigenvalue weighted by atomic mass is 19.4. The molecule has 0 saturated heterocycles. The van der Waals surface area contributed by atoms with Crippen LogP contribution in [0.3, 0.4) is 0 Å². The van der Waals surface area contributed by atoms with Crippen molar-refractivity contribution in [2.45, 2.75) is 46.3 Å². The Bertz CT molecular complexity index is 430. The zero-order chi connectivity index (χ0) is 15.9. The van der Waals surface area contributed by atoms with Crippen LogP contribution in [-0.4, -0.2) is 25.8 Å². The molecule has 0 unspecified atom stereocenters. The molecule has 0 atom stereocenters. The summed E-state index contributed by atoms with van der Waals surface area (Å²) in [4.78, 5) is 1.43. The van der Waals surface area contributed by atoms with Gasteiger partial charge in [-0.05, 0) is 37.9 Å². The first kappa shape index (κ1) is 17.8. The van der Waals surface area contributed by atoms with Gasteiger partial charge in [-0.3, -0.25) is 0 Å². The molecule has 0 radical (unpaired) electrons. The fraction of sp³-hybridized carbons (Fsp3) is 0.625. The van der Waals surface area contributed by atoms with Gasteiger partial charge in [0.15, 0.2) is 0 Å². The zero-order valence-electron chi connectivity index (χ0n) is 13.1. The molecule has 1 aromatic carbocycles. The monoisotopic (exact) mass is 302 g/mol. The lowest BCUT2D eigenvalue weighted by molar-refractivity contribution is -0.119. The van der Waals surface area contributed by atoms with E-state index in [4.69, 9.17) is 0 Å². The van der Waals surface area contributed by atoms with Gasteiger partial charge in [0.1, 0.15) is 6.54 Å². The van der Waals surface area contributed by atoms with Gasteiger partial charge < -0.3 is 10.2 Å². The van der Waals surface area contributed by atoms with Gasteiger partial charge in [-0.25, -0.2) is 0 Å². The fourth-order valence-electron chi connectivity index (χ4n) is 2.34. The average molecular weight is 302 g/mol. The third-order valence-electron chi connectivity index (χ3n) is 3.18. The number of aryl methyl sites for hydroxylation is 1. The second-order valence-corrected chi connectivity index (χ2v) is 5.35. The first-order chi connectivity index (χ1) is 9.87. The van der Waals surface area contributed by atoms with Crippen LogP contribution in [0.2, 0.25) is 0 Å². The smallest absolute Gasteiger partial charge is 0.362 e. The largest absolute Gasteiger partial charge is 0.405 e. The molecule has 0 fully saturated rings. The average Bonchev–Trinajstić information content (AvgIpc) is 2.37. The summed E-state index contributed by atoms with van der Waals surface area (Å²) in [5, 5.41) is 3.27. The summed E-state index contributed by atoms with van der Waals surface area (Å²) in [6, 6.07) is 5.65. The SMILES string of the molecule is CCCNCc1cc(C)ccc1N(CCC)CC(F)(F)F. The Hall–Kier alpha value is -1.23. The van der Waals surface area contributed by atoms with Crippen LogP contribution in [0.5, 0.6) is 0 Å². The number of hydrogen-bond donors (Lipinski definition) is 1. The lowest BCUT2D eigenvalue weighted by Gasteiger charge is -2.28. The molecule has 120 valence electrons. The van der Waals surface area contributed by atoms with E-state index in [1.807, 2.05) is 26.0 Å². The van der Waals surface area contributed by atoms with E-state index in [-0.39, 0.29) is 0 Å². The van der Waals surface area contributed by atoms with Gasteiger partial charge in [0, 0.05) is 18.8 Å². The Labute approximate surface area is 125 Å². The van der Waals surface area contributed by atoms with Crippen LogP contribution >= 0.6 is 0 Å². The van der Waals surface area contributed by atoms with Crippen molar-refractivity contribution in [3.8, 4) is 0 Å². The summed E-state index contributed by atoms with van der Waals surface area (Å²) >= 11 is 0. The number of rotatable bonds is 8. The van der Waals surface area contributed by atoms with Gasteiger partial charge in [0.25, 0.3) is 0 Å². The molecule has 0 aliphatic heterocycles. The van der Waals surface area contributed by atoms with Crippen LogP contribution in [0.15, 0.2) is 18.2 Å². The first-order valence-electron chi connectivity index (χ1n) is 7.49. The summed E-state index contributed by atoms with van der Waals surface area (Å²) in [5.41, 5.74) is 2.68. The highest BCUT2D eigenvalue weighted by Crippen LogP contribution is 2.26. The molecule has 1 aromatic rings. The Balaban J connectivity index is 2.99. The molecule has 0 amide bonds. The molecule has 0 aromatic heterocycles. The van der Waals surface area contributed by atoms with E-state index in [1.54, 1.807) is 6.07 Å². The van der Waals surface area contributed by atoms with E-state index in [2.05, 4.69) is 12.2 Å². The van der Waals surface area contributed by atoms with Gasteiger partial charge in [0.05, 0.1) is 0 Å². The van der Waals surface area contributed by atoms with Crippen LogP contribution in [0.25, 0.3) is 0 Å². The van der Waals surface area contributed by atoms with E-state index in [0.29, 0.717) is 25.2 Å². The van der Waals surface area contributed by atoms with E-state index < -0.39 is 12.7 Å². The number of hydrogen-bond acceptors (Lipinski definition) is 2. The Morgan fingerprint density at radius 1 is 1.14 bits per heavy atom. The van der Waals surface area contributed by atoms with Crippen LogP contribution in [0, 0.1) is 6.92 Å². The fourth-order valence-corrected chi connectivity index (χ4v) is 2.34. The maximum atomic E-state index is 12.8. The predicted molar refractivity (Wildman–Crippen MR) is 81.7 cm³/mol. The predicted octanol–water partition coefficient (Wildman–Crippen LogP) is 4.27. The second kappa shape index (κ2) is 8.27. The molecule has 1 rings (SSSR count). The van der Waals surface area contributed by atoms with Crippen molar-refractivity contribution in [3.63, 3.8) is 0 Å². The van der Waals surface area contributed by atoms with Crippen molar-refractivity contribution in [3.05, 3.63) is 29.3 Å². The van der Waals surface area contributed by atoms with Gasteiger partial charge in [-0.15, -0.1) is 0 Å². The number of nitrogens with one attached hydrogen (secondary N) is 1. The van der Waals surface area contributed by atoms with E-state index in [1.165, 1.54) is 4.90 Å². The van der Waals surface area contributed by atoms with Crippen LogP contribution in [-0.2, 0) is 6.54 Å². The maximum Gasteiger partial charge on any atom is 0.405 e. The molecule has 0 spiro atoms. The van der Waals surface area contributed by atoms with Crippen molar-refractivity contribution in [1.29, 1.82) is 0 Å². The highest BCUT2D eigenvalue weighted by Gasteiger charge is 2.31. The first-order valence-corrected chi connectivity index (χ1v) is 7.49. The minimum absolute atomic E-state index is 0.406. The lowest BCUT2D eigenvalue weighted by atomic mass is 10.1. The minimum Gasteiger partial charge on any atom is -0.362 e. The summed E-state index contributed by atoms with van der Waals surface area (Å²) in [6.07, 6.45) is -2.50. The molecule has 0 aliphatic rings. The Morgan fingerprint density at radius 2 is 1.86 bits per heavy atom. The molecule has 0 heterocycles. The molecule has 2 nitrogen and oxygen atoms in total. The van der Waals surface area contributed by atoms with Gasteiger partial charge in [0.2, 0.25) is 0 Å². The lowest BCUT2D eigenvalue weighted by Crippen LogP contribution is -2.35. The number of halogens is 3. The van der Waals surface area contributed by atoms with Gasteiger partial charge in [-0.1, -0.05) is 31.5 Å². The molecule has 0 bridgehead atoms. The highest BCUT2D eigenvalue weighted by molar-refractivity contribution is 5.55. The maximum absolute atomic E-state index is 12.8. The third-order valence-corrected chi connectivity index (χ3v) is 3.18. The molecule has 0 aliphatic carbocycles. The topological polar surface area (TPSA) is 15.3 Å². The van der Waals surface area contributed by atoms with Crippen LogP contribution in [0.1, 0.15) is 37.8 Å². The summed E-state index contributed by atoms with van der Waals surface area (Å²) in [5.74, 6) is 0. The zero-order valence-corrected chi connectivity index (χ0v) is 13.1. The van der Waals surface area contributed by atoms with E-state index in [0.717, 1.165) is 24.1 Å². The normalized spacial score (nSPS) is 11.7. The molecule has 21 heavy (non-hydrogen) atoms. The molecular formula is C16H25F3N2. The second-order valence-electron chi connectivity index (χ2n) is 5.35. The number of alkyl halides is 3. The summed E-state index contributed by atoms with van der Waals surface area (Å²) < 4.78 is 38.3. The number of nitrogens with zero attached hydrogens (tertiary/aromatic N) is 1. The minimum atomic E-state index is -4.19. The Kier molecular flexibility index (Phi) is 7.02. The van der Waals surface area contributed by atoms with Crippen molar-refractivity contribution in [2.24, 2.45) is 0 Å². The van der Waals surface area contributed by atoms with Gasteiger partial charge in [-0.2, -0.15) is 13.2 Å². The Morgan fingerprint density at radius 3 is 2.43 bits per heavy atom. The van der Waals surface area contributed by atoms with E-state index >= 15 is 0 Å². The van der Waals surface area contributed by atoms with Crippen molar-refractivity contribution >= 4 is 5.69 Å². The van der Waals surface area contributed by atoms with E-state index in [9.17, 15) is 13.2 Å². The number of benzene rings is 1. The van der Waals surface area contributed by atoms with Crippen LogP contribution in [0.4, 0.5) is 18.9 Å². The van der Waals surface area contributed by atoms with Crippen molar-refractivity contribution < 1.29 is 13.2 Å². The molecule has 0 saturated carbocycles. The van der Waals surface area contributed by atoms with Crippen molar-refractivity contribution in [1.82, 2.24) is 5.32 Å². The van der Waals surface area contributed by atoms with Crippen LogP contribution < -0.4 is 10.2 Å². The quantitative estimate of drug-likeness (QED) is 0.721. The summed E-state index contributed by atoms with van der Waals surface area (Å²) in [6.45, 7) is 6.89. The molecular weight excluding hydrogens is 277 g/mol. The summed E-state index contributed by atoms with van der Waals surface area (Å²) in [7, 11) is 0. The molecule has 1 N–H and O–H groups in total.